The zero-order valence-electron chi connectivity index (χ0n) is 9.78. The van der Waals surface area contributed by atoms with Crippen molar-refractivity contribution in [3.63, 3.8) is 0 Å². The van der Waals surface area contributed by atoms with Crippen molar-refractivity contribution in [3.8, 4) is 0 Å². The average Bonchev–Trinajstić information content (AvgIpc) is 2.34. The summed E-state index contributed by atoms with van der Waals surface area (Å²) in [7, 11) is 0. The van der Waals surface area contributed by atoms with Gasteiger partial charge in [-0.2, -0.15) is 0 Å². The van der Waals surface area contributed by atoms with Crippen molar-refractivity contribution in [3.05, 3.63) is 35.9 Å². The monoisotopic (exact) mass is 253 g/mol. The van der Waals surface area contributed by atoms with Crippen LogP contribution in [0.4, 0.5) is 0 Å². The Labute approximate surface area is 106 Å². The molecule has 1 rings (SSSR count). The molecule has 1 atom stereocenters. The smallest absolute Gasteiger partial charge is 0.217 e. The van der Waals surface area contributed by atoms with Crippen LogP contribution in [0, 0.1) is 0 Å². The van der Waals surface area contributed by atoms with E-state index in [0.29, 0.717) is 6.42 Å². The largest absolute Gasteiger partial charge is 0.346 e. The van der Waals surface area contributed by atoms with E-state index in [4.69, 9.17) is 11.6 Å². The molecule has 1 amide bonds. The number of ketones is 1. The minimum atomic E-state index is -0.481. The lowest BCUT2D eigenvalue weighted by Crippen LogP contribution is -2.40. The molecule has 17 heavy (non-hydrogen) atoms. The number of rotatable bonds is 6. The second-order valence-corrected chi connectivity index (χ2v) is 4.14. The Bertz CT molecular complexity index is 378. The topological polar surface area (TPSA) is 46.2 Å². The molecule has 3 nitrogen and oxygen atoms in total. The van der Waals surface area contributed by atoms with E-state index in [1.807, 2.05) is 30.3 Å². The van der Waals surface area contributed by atoms with Gasteiger partial charge in [-0.15, -0.1) is 11.6 Å². The van der Waals surface area contributed by atoms with Crippen molar-refractivity contribution in [2.75, 3.05) is 5.88 Å². The van der Waals surface area contributed by atoms with E-state index in [2.05, 4.69) is 5.32 Å². The number of halogens is 1. The Morgan fingerprint density at radius 3 is 2.47 bits per heavy atom. The Kier molecular flexibility index (Phi) is 5.70. The first-order valence-corrected chi connectivity index (χ1v) is 6.06. The molecule has 0 aliphatic heterocycles. The van der Waals surface area contributed by atoms with Crippen LogP contribution in [0.5, 0.6) is 0 Å². The van der Waals surface area contributed by atoms with E-state index in [0.717, 1.165) is 12.0 Å². The van der Waals surface area contributed by atoms with Gasteiger partial charge < -0.3 is 5.32 Å². The fourth-order valence-corrected chi connectivity index (χ4v) is 1.79. The molecule has 1 unspecified atom stereocenters. The number of alkyl halides is 1. The van der Waals surface area contributed by atoms with Gasteiger partial charge in [-0.3, -0.25) is 9.59 Å². The zero-order chi connectivity index (χ0) is 12.7. The average molecular weight is 254 g/mol. The molecular formula is C13H16ClNO2. The summed E-state index contributed by atoms with van der Waals surface area (Å²) in [5.74, 6) is -0.418. The quantitative estimate of drug-likeness (QED) is 0.788. The van der Waals surface area contributed by atoms with Crippen LogP contribution in [0.3, 0.4) is 0 Å². The van der Waals surface area contributed by atoms with Crippen LogP contribution in [0.1, 0.15) is 18.9 Å². The van der Waals surface area contributed by atoms with Crippen molar-refractivity contribution in [1.29, 1.82) is 0 Å². The summed E-state index contributed by atoms with van der Waals surface area (Å²) in [4.78, 5) is 22.5. The summed E-state index contributed by atoms with van der Waals surface area (Å²) in [5, 5.41) is 2.63. The summed E-state index contributed by atoms with van der Waals surface area (Å²) >= 11 is 5.51. The second kappa shape index (κ2) is 7.07. The van der Waals surface area contributed by atoms with Gasteiger partial charge in [-0.1, -0.05) is 30.3 Å². The second-order valence-electron chi connectivity index (χ2n) is 3.88. The number of carbonyl (C=O) groups excluding carboxylic acids is 2. The predicted octanol–water partition coefficient (Wildman–Crippen LogP) is 1.93. The maximum atomic E-state index is 11.5. The number of aryl methyl sites for hydroxylation is 1. The minimum Gasteiger partial charge on any atom is -0.346 e. The number of hydrogen-bond donors (Lipinski definition) is 1. The SMILES string of the molecule is CC(=O)NC(CCc1ccccc1)C(=O)CCl. The first kappa shape index (κ1) is 13.7. The van der Waals surface area contributed by atoms with E-state index >= 15 is 0 Å². The first-order chi connectivity index (χ1) is 8.13. The highest BCUT2D eigenvalue weighted by Gasteiger charge is 2.17. The summed E-state index contributed by atoms with van der Waals surface area (Å²) in [6, 6.07) is 9.35. The van der Waals surface area contributed by atoms with Crippen LogP contribution < -0.4 is 5.32 Å². The molecule has 0 heterocycles. The van der Waals surface area contributed by atoms with Gasteiger partial charge in [0, 0.05) is 6.92 Å². The third-order valence-electron chi connectivity index (χ3n) is 2.46. The molecule has 0 aliphatic carbocycles. The van der Waals surface area contributed by atoms with E-state index in [1.165, 1.54) is 6.92 Å². The van der Waals surface area contributed by atoms with Crippen molar-refractivity contribution in [2.45, 2.75) is 25.8 Å². The Morgan fingerprint density at radius 1 is 1.29 bits per heavy atom. The highest BCUT2D eigenvalue weighted by molar-refractivity contribution is 6.28. The van der Waals surface area contributed by atoms with Gasteiger partial charge in [0.05, 0.1) is 11.9 Å². The predicted molar refractivity (Wildman–Crippen MR) is 68.1 cm³/mol. The van der Waals surface area contributed by atoms with Crippen molar-refractivity contribution in [1.82, 2.24) is 5.32 Å². The highest BCUT2D eigenvalue weighted by Crippen LogP contribution is 2.06. The van der Waals surface area contributed by atoms with Crippen LogP contribution in [-0.4, -0.2) is 23.6 Å². The summed E-state index contributed by atoms with van der Waals surface area (Å²) in [5.41, 5.74) is 1.14. The van der Waals surface area contributed by atoms with E-state index in [9.17, 15) is 9.59 Å². The molecule has 4 heteroatoms. The van der Waals surface area contributed by atoms with Gasteiger partial charge in [0.15, 0.2) is 5.78 Å². The van der Waals surface area contributed by atoms with Crippen LogP contribution in [0.15, 0.2) is 30.3 Å². The lowest BCUT2D eigenvalue weighted by Gasteiger charge is -2.15. The third kappa shape index (κ3) is 5.00. The molecule has 1 N–H and O–H groups in total. The molecule has 0 saturated carbocycles. The molecule has 0 fully saturated rings. The maximum absolute atomic E-state index is 11.5. The Balaban J connectivity index is 2.55. The van der Waals surface area contributed by atoms with Gasteiger partial charge in [-0.25, -0.2) is 0 Å². The highest BCUT2D eigenvalue weighted by atomic mass is 35.5. The first-order valence-electron chi connectivity index (χ1n) is 5.53. The molecule has 0 spiro atoms. The number of Topliss-reactive ketones (excluding diaryl/α,β-unsaturated/α-hetero) is 1. The molecule has 0 bridgehead atoms. The molecule has 0 aromatic heterocycles. The standard InChI is InChI=1S/C13H16ClNO2/c1-10(16)15-12(13(17)9-14)8-7-11-5-3-2-4-6-11/h2-6,12H,7-9H2,1H3,(H,15,16). The lowest BCUT2D eigenvalue weighted by molar-refractivity contribution is -0.125. The van der Waals surface area contributed by atoms with Crippen LogP contribution >= 0.6 is 11.6 Å². The molecule has 0 saturated heterocycles. The van der Waals surface area contributed by atoms with Crippen LogP contribution in [0.25, 0.3) is 0 Å². The fourth-order valence-electron chi connectivity index (χ4n) is 1.61. The van der Waals surface area contributed by atoms with E-state index in [-0.39, 0.29) is 17.6 Å². The van der Waals surface area contributed by atoms with Crippen molar-refractivity contribution >= 4 is 23.3 Å². The normalized spacial score (nSPS) is 11.9. The van der Waals surface area contributed by atoms with Gasteiger partial charge in [0.2, 0.25) is 5.91 Å². The number of hydrogen-bond acceptors (Lipinski definition) is 2. The zero-order valence-corrected chi connectivity index (χ0v) is 10.5. The third-order valence-corrected chi connectivity index (χ3v) is 2.73. The summed E-state index contributed by atoms with van der Waals surface area (Å²) < 4.78 is 0. The van der Waals surface area contributed by atoms with Crippen LogP contribution in [-0.2, 0) is 16.0 Å². The number of carbonyl (C=O) groups is 2. The lowest BCUT2D eigenvalue weighted by atomic mass is 10.0. The maximum Gasteiger partial charge on any atom is 0.217 e. The van der Waals surface area contributed by atoms with Crippen LogP contribution in [0.2, 0.25) is 0 Å². The Morgan fingerprint density at radius 2 is 1.94 bits per heavy atom. The number of amides is 1. The minimum absolute atomic E-state index is 0.0697. The molecular weight excluding hydrogens is 238 g/mol. The van der Waals surface area contributed by atoms with Crippen molar-refractivity contribution in [2.24, 2.45) is 0 Å². The van der Waals surface area contributed by atoms with E-state index < -0.39 is 6.04 Å². The Hall–Kier alpha value is -1.35. The summed E-state index contributed by atoms with van der Waals surface area (Å²) in [6.07, 6.45) is 1.32. The molecule has 1 aromatic rings. The molecule has 1 aromatic carbocycles. The van der Waals surface area contributed by atoms with Gasteiger partial charge in [0.25, 0.3) is 0 Å². The molecule has 0 aliphatic rings. The van der Waals surface area contributed by atoms with Gasteiger partial charge >= 0.3 is 0 Å². The number of nitrogens with one attached hydrogen (secondary N) is 1. The fraction of sp³-hybridized carbons (Fsp3) is 0.385. The van der Waals surface area contributed by atoms with Gasteiger partial charge in [0.1, 0.15) is 0 Å². The van der Waals surface area contributed by atoms with Gasteiger partial charge in [-0.05, 0) is 18.4 Å². The molecule has 92 valence electrons. The summed E-state index contributed by atoms with van der Waals surface area (Å²) in [6.45, 7) is 1.40. The van der Waals surface area contributed by atoms with E-state index in [1.54, 1.807) is 0 Å². The number of benzene rings is 1. The van der Waals surface area contributed by atoms with Crippen molar-refractivity contribution < 1.29 is 9.59 Å². The molecule has 0 radical (unpaired) electrons.